The molecule has 2 rings (SSSR count). The smallest absolute Gasteiger partial charge is 0.227 e. The Morgan fingerprint density at radius 2 is 2.00 bits per heavy atom. The van der Waals surface area contributed by atoms with E-state index in [9.17, 15) is 4.79 Å². The van der Waals surface area contributed by atoms with Crippen molar-refractivity contribution in [1.29, 1.82) is 0 Å². The minimum absolute atomic E-state index is 0.0988. The number of carbonyl (C=O) groups is 1. The molecule has 1 amide bonds. The topological polar surface area (TPSA) is 61.8 Å². The second kappa shape index (κ2) is 9.15. The molecule has 5 nitrogen and oxygen atoms in total. The van der Waals surface area contributed by atoms with Crippen LogP contribution in [0.1, 0.15) is 6.42 Å². The Bertz CT molecular complexity index is 662. The number of hydrogen-bond acceptors (Lipinski definition) is 4. The highest BCUT2D eigenvalue weighted by Crippen LogP contribution is 2.18. The number of amides is 1. The van der Waals surface area contributed by atoms with Gasteiger partial charge in [0.15, 0.2) is 0 Å². The third kappa shape index (κ3) is 5.76. The zero-order valence-corrected chi connectivity index (χ0v) is 14.3. The highest BCUT2D eigenvalue weighted by atomic mass is 35.5. The largest absolute Gasteiger partial charge is 0.493 e. The molecular weight excluding hydrogens is 328 g/mol. The molecule has 2 aromatic carbocycles. The first-order valence-corrected chi connectivity index (χ1v) is 8.06. The average Bonchev–Trinajstić information content (AvgIpc) is 2.56. The van der Waals surface area contributed by atoms with Gasteiger partial charge in [-0.15, -0.1) is 0 Å². The maximum absolute atomic E-state index is 11.9. The molecule has 0 fully saturated rings. The van der Waals surface area contributed by atoms with Crippen molar-refractivity contribution in [3.63, 3.8) is 0 Å². The Kier molecular flexibility index (Phi) is 6.90. The molecule has 0 saturated carbocycles. The summed E-state index contributed by atoms with van der Waals surface area (Å²) in [4.78, 5) is 13.9. The van der Waals surface area contributed by atoms with E-state index >= 15 is 0 Å². The first kappa shape index (κ1) is 18.1. The van der Waals surface area contributed by atoms with Crippen molar-refractivity contribution in [1.82, 2.24) is 0 Å². The summed E-state index contributed by atoms with van der Waals surface area (Å²) in [5, 5.41) is 12.4. The van der Waals surface area contributed by atoms with Crippen molar-refractivity contribution in [2.45, 2.75) is 6.42 Å². The number of nitrogens with zero attached hydrogens (tertiary/aromatic N) is 1. The van der Waals surface area contributed by atoms with E-state index in [1.165, 1.54) is 0 Å². The lowest BCUT2D eigenvalue weighted by molar-refractivity contribution is -0.116. The number of ether oxygens (including phenoxy) is 1. The number of rotatable bonds is 8. The number of halogens is 1. The SMILES string of the molecule is CN(CCO)c1ccc(NC(=O)CCOc2cccc(Cl)c2)cc1. The maximum atomic E-state index is 11.9. The van der Waals surface area contributed by atoms with Crippen LogP contribution in [0.2, 0.25) is 5.02 Å². The van der Waals surface area contributed by atoms with E-state index in [4.69, 9.17) is 21.4 Å². The monoisotopic (exact) mass is 348 g/mol. The van der Waals surface area contributed by atoms with Crippen LogP contribution in [0.3, 0.4) is 0 Å². The van der Waals surface area contributed by atoms with Crippen molar-refractivity contribution in [2.75, 3.05) is 37.0 Å². The Labute approximate surface area is 146 Å². The summed E-state index contributed by atoms with van der Waals surface area (Å²) in [5.74, 6) is 0.528. The van der Waals surface area contributed by atoms with Gasteiger partial charge in [-0.2, -0.15) is 0 Å². The number of aliphatic hydroxyl groups is 1. The van der Waals surface area contributed by atoms with Crippen molar-refractivity contribution in [2.24, 2.45) is 0 Å². The van der Waals surface area contributed by atoms with Crippen LogP contribution in [-0.2, 0) is 4.79 Å². The quantitative estimate of drug-likeness (QED) is 0.769. The molecule has 0 saturated heterocycles. The Balaban J connectivity index is 1.77. The van der Waals surface area contributed by atoms with Gasteiger partial charge in [0.1, 0.15) is 5.75 Å². The molecule has 0 aliphatic rings. The molecule has 0 spiro atoms. The van der Waals surface area contributed by atoms with Gasteiger partial charge in [0.05, 0.1) is 19.6 Å². The van der Waals surface area contributed by atoms with Gasteiger partial charge in [-0.3, -0.25) is 4.79 Å². The summed E-state index contributed by atoms with van der Waals surface area (Å²) < 4.78 is 5.50. The number of nitrogens with one attached hydrogen (secondary N) is 1. The molecule has 2 N–H and O–H groups in total. The number of likely N-dealkylation sites (N-methyl/N-ethyl adjacent to an activating group) is 1. The lowest BCUT2D eigenvalue weighted by atomic mass is 10.2. The molecule has 0 aliphatic carbocycles. The molecule has 0 bridgehead atoms. The zero-order valence-electron chi connectivity index (χ0n) is 13.5. The van der Waals surface area contributed by atoms with Crippen LogP contribution in [0.5, 0.6) is 5.75 Å². The first-order chi connectivity index (χ1) is 11.6. The van der Waals surface area contributed by atoms with Crippen LogP contribution in [0.15, 0.2) is 48.5 Å². The van der Waals surface area contributed by atoms with E-state index in [2.05, 4.69) is 5.32 Å². The van der Waals surface area contributed by atoms with Crippen molar-refractivity contribution in [3.05, 3.63) is 53.6 Å². The van der Waals surface area contributed by atoms with Crippen LogP contribution in [0, 0.1) is 0 Å². The second-order valence-electron chi connectivity index (χ2n) is 5.30. The van der Waals surface area contributed by atoms with Crippen molar-refractivity contribution >= 4 is 28.9 Å². The minimum atomic E-state index is -0.117. The van der Waals surface area contributed by atoms with Gasteiger partial charge in [-0.05, 0) is 42.5 Å². The molecule has 0 unspecified atom stereocenters. The van der Waals surface area contributed by atoms with E-state index < -0.39 is 0 Å². The molecule has 6 heteroatoms. The summed E-state index contributed by atoms with van der Waals surface area (Å²) >= 11 is 5.87. The molecular formula is C18H21ClN2O3. The summed E-state index contributed by atoms with van der Waals surface area (Å²) in [7, 11) is 1.90. The van der Waals surface area contributed by atoms with E-state index in [0.29, 0.717) is 17.3 Å². The highest BCUT2D eigenvalue weighted by molar-refractivity contribution is 6.30. The van der Waals surface area contributed by atoms with Crippen molar-refractivity contribution in [3.8, 4) is 5.75 Å². The van der Waals surface area contributed by atoms with Gasteiger partial charge in [0, 0.05) is 30.0 Å². The zero-order chi connectivity index (χ0) is 17.4. The molecule has 128 valence electrons. The fourth-order valence-electron chi connectivity index (χ4n) is 2.12. The third-order valence-corrected chi connectivity index (χ3v) is 3.66. The van der Waals surface area contributed by atoms with Gasteiger partial charge < -0.3 is 20.1 Å². The Morgan fingerprint density at radius 1 is 1.25 bits per heavy atom. The molecule has 0 heterocycles. The van der Waals surface area contributed by atoms with E-state index in [-0.39, 0.29) is 25.5 Å². The number of anilines is 2. The Morgan fingerprint density at radius 3 is 2.67 bits per heavy atom. The predicted octanol–water partition coefficient (Wildman–Crippen LogP) is 3.18. The lowest BCUT2D eigenvalue weighted by Gasteiger charge is -2.18. The van der Waals surface area contributed by atoms with Crippen molar-refractivity contribution < 1.29 is 14.6 Å². The van der Waals surface area contributed by atoms with Crippen LogP contribution in [-0.4, -0.2) is 37.8 Å². The van der Waals surface area contributed by atoms with Crippen LogP contribution >= 0.6 is 11.6 Å². The minimum Gasteiger partial charge on any atom is -0.493 e. The molecule has 24 heavy (non-hydrogen) atoms. The standard InChI is InChI=1S/C18H21ClN2O3/c1-21(10-11-22)16-7-5-15(6-8-16)20-18(23)9-12-24-17-4-2-3-14(19)13-17/h2-8,13,22H,9-12H2,1H3,(H,20,23). The summed E-state index contributed by atoms with van der Waals surface area (Å²) in [6.45, 7) is 0.942. The van der Waals surface area contributed by atoms with E-state index in [1.54, 1.807) is 24.3 Å². The number of hydrogen-bond donors (Lipinski definition) is 2. The molecule has 0 aliphatic heterocycles. The van der Waals surface area contributed by atoms with Gasteiger partial charge in [-0.25, -0.2) is 0 Å². The second-order valence-corrected chi connectivity index (χ2v) is 5.73. The number of benzene rings is 2. The van der Waals surface area contributed by atoms with Gasteiger partial charge in [0.25, 0.3) is 0 Å². The molecule has 0 aromatic heterocycles. The van der Waals surface area contributed by atoms with Crippen LogP contribution in [0.4, 0.5) is 11.4 Å². The summed E-state index contributed by atoms with van der Waals surface area (Å²) in [6, 6.07) is 14.5. The van der Waals surface area contributed by atoms with E-state index in [0.717, 1.165) is 11.4 Å². The summed E-state index contributed by atoms with van der Waals surface area (Å²) in [6.07, 6.45) is 0.249. The average molecular weight is 349 g/mol. The highest BCUT2D eigenvalue weighted by Gasteiger charge is 2.05. The van der Waals surface area contributed by atoms with Gasteiger partial charge in [0.2, 0.25) is 5.91 Å². The normalized spacial score (nSPS) is 10.3. The molecule has 2 aromatic rings. The van der Waals surface area contributed by atoms with E-state index in [1.807, 2.05) is 36.2 Å². The number of aliphatic hydroxyl groups excluding tert-OH is 1. The third-order valence-electron chi connectivity index (χ3n) is 3.42. The number of carbonyl (C=O) groups excluding carboxylic acids is 1. The maximum Gasteiger partial charge on any atom is 0.227 e. The fraction of sp³-hybridized carbons (Fsp3) is 0.278. The first-order valence-electron chi connectivity index (χ1n) is 7.69. The predicted molar refractivity (Wildman–Crippen MR) is 97.0 cm³/mol. The van der Waals surface area contributed by atoms with Crippen LogP contribution in [0.25, 0.3) is 0 Å². The van der Waals surface area contributed by atoms with Gasteiger partial charge >= 0.3 is 0 Å². The van der Waals surface area contributed by atoms with Gasteiger partial charge in [-0.1, -0.05) is 17.7 Å². The Hall–Kier alpha value is -2.24. The lowest BCUT2D eigenvalue weighted by Crippen LogP contribution is -2.21. The summed E-state index contributed by atoms with van der Waals surface area (Å²) in [5.41, 5.74) is 1.70. The molecule has 0 radical (unpaired) electrons. The fourth-order valence-corrected chi connectivity index (χ4v) is 2.30. The molecule has 0 atom stereocenters. The van der Waals surface area contributed by atoms with Crippen LogP contribution < -0.4 is 15.0 Å².